The van der Waals surface area contributed by atoms with Crippen LogP contribution in [0, 0.1) is 32.3 Å². The molecule has 0 aliphatic heterocycles. The van der Waals surface area contributed by atoms with Crippen molar-refractivity contribution in [1.82, 2.24) is 18.7 Å². The Bertz CT molecular complexity index is 2750. The van der Waals surface area contributed by atoms with E-state index in [1.54, 1.807) is 0 Å². The van der Waals surface area contributed by atoms with Crippen molar-refractivity contribution in [2.75, 3.05) is 0 Å². The van der Waals surface area contributed by atoms with E-state index in [1.165, 1.54) is 32.9 Å². The van der Waals surface area contributed by atoms with Gasteiger partial charge in [-0.1, -0.05) is 86.6 Å². The van der Waals surface area contributed by atoms with E-state index in [9.17, 15) is 0 Å². The van der Waals surface area contributed by atoms with E-state index in [2.05, 4.69) is 153 Å². The number of para-hydroxylation sites is 3. The smallest absolute Gasteiger partial charge is 0.241 e. The average molecular weight is 859 g/mol. The second-order valence-electron chi connectivity index (χ2n) is 14.4. The van der Waals surface area contributed by atoms with Gasteiger partial charge >= 0.3 is 0 Å². The van der Waals surface area contributed by atoms with Gasteiger partial charge in [-0.25, -0.2) is 4.98 Å². The predicted molar refractivity (Wildman–Crippen MR) is 205 cm³/mol. The van der Waals surface area contributed by atoms with Crippen LogP contribution in [0.4, 0.5) is 0 Å². The van der Waals surface area contributed by atoms with Crippen molar-refractivity contribution < 1.29 is 30.4 Å². The summed E-state index contributed by atoms with van der Waals surface area (Å²) in [5.41, 5.74) is 9.80. The molecule has 0 fully saturated rings. The van der Waals surface area contributed by atoms with E-state index in [0.717, 1.165) is 44.6 Å². The Morgan fingerprint density at radius 2 is 1.42 bits per heavy atom. The number of nitrogens with zero attached hydrogens (tertiary/aromatic N) is 5. The number of fused-ring (bicyclic) bond motifs is 6. The van der Waals surface area contributed by atoms with Gasteiger partial charge in [-0.3, -0.25) is 0 Å². The van der Waals surface area contributed by atoms with Gasteiger partial charge in [-0.15, -0.1) is 29.7 Å². The topological polar surface area (TPSA) is 40.8 Å². The first-order valence-electron chi connectivity index (χ1n) is 17.3. The average Bonchev–Trinajstić information content (AvgIpc) is 3.81. The van der Waals surface area contributed by atoms with Crippen LogP contribution in [0.25, 0.3) is 60.8 Å². The number of aryl methyl sites for hydroxylation is 3. The van der Waals surface area contributed by atoms with Gasteiger partial charge in [0.05, 0.1) is 23.8 Å². The SMILES string of the molecule is Cc1cccc2c3cccc(C)c3n(-c3ccnc(-n4c5[c-]c(Oc6[c-]c(-n7[c-][n+](C)cc7)cc(C(C)(C)C)c6)ccc5c5ccccc54)c3)c12.[Pt]. The fraction of sp³-hybridized carbons (Fsp3) is 0.156. The Labute approximate surface area is 317 Å². The molecule has 0 spiro atoms. The van der Waals surface area contributed by atoms with Crippen LogP contribution in [0.1, 0.15) is 37.5 Å². The third-order valence-electron chi connectivity index (χ3n) is 9.87. The summed E-state index contributed by atoms with van der Waals surface area (Å²) in [6.07, 6.45) is 9.14. The van der Waals surface area contributed by atoms with E-state index >= 15 is 0 Å². The Morgan fingerprint density at radius 1 is 0.712 bits per heavy atom. The van der Waals surface area contributed by atoms with E-state index in [0.29, 0.717) is 11.5 Å². The van der Waals surface area contributed by atoms with E-state index in [4.69, 9.17) is 9.72 Å². The summed E-state index contributed by atoms with van der Waals surface area (Å²) >= 11 is 0. The molecule has 0 bridgehead atoms. The van der Waals surface area contributed by atoms with Crippen molar-refractivity contribution in [3.05, 3.63) is 151 Å². The van der Waals surface area contributed by atoms with Gasteiger partial charge in [0.1, 0.15) is 5.82 Å². The largest absolute Gasteiger partial charge is 0.510 e. The number of aromatic nitrogens is 5. The van der Waals surface area contributed by atoms with Crippen LogP contribution in [0.3, 0.4) is 0 Å². The zero-order chi connectivity index (χ0) is 35.0. The van der Waals surface area contributed by atoms with Crippen LogP contribution in [0.2, 0.25) is 0 Å². The quantitative estimate of drug-likeness (QED) is 0.128. The van der Waals surface area contributed by atoms with Gasteiger partial charge < -0.3 is 23.0 Å². The molecule has 0 aliphatic rings. The number of hydrogen-bond donors (Lipinski definition) is 0. The fourth-order valence-corrected chi connectivity index (χ4v) is 7.36. The number of rotatable bonds is 5. The number of benzene rings is 5. The molecule has 0 saturated heterocycles. The standard InChI is InChI=1S/C45H37N5O.Pt/c1-29-11-9-14-38-39-15-10-12-30(2)44(39)49(43(29)38)32-19-20-46-42(26-32)50-40-16-8-7-13-36(40)37-18-17-34(27-41(37)50)51-35-24-31(45(3,4)5)23-33(25-35)48-22-21-47(6)28-48;/h7-24,26H,1-6H3;/q-2;. The molecule has 0 atom stereocenters. The van der Waals surface area contributed by atoms with Crippen LogP contribution >= 0.6 is 0 Å². The molecule has 4 heterocycles. The van der Waals surface area contributed by atoms with Crippen molar-refractivity contribution in [3.8, 4) is 28.7 Å². The Morgan fingerprint density at radius 3 is 2.12 bits per heavy atom. The molecule has 0 aliphatic carbocycles. The molecule has 9 rings (SSSR count). The van der Waals surface area contributed by atoms with Crippen LogP contribution in [0.5, 0.6) is 11.5 Å². The number of hydrogen-bond acceptors (Lipinski definition) is 2. The summed E-state index contributed by atoms with van der Waals surface area (Å²) < 4.78 is 15.0. The van der Waals surface area contributed by atoms with E-state index < -0.39 is 0 Å². The molecule has 0 N–H and O–H groups in total. The molecule has 52 heavy (non-hydrogen) atoms. The maximum atomic E-state index is 6.60. The summed E-state index contributed by atoms with van der Waals surface area (Å²) in [6, 6.07) is 41.3. The number of pyridine rings is 1. The minimum Gasteiger partial charge on any atom is -0.510 e. The summed E-state index contributed by atoms with van der Waals surface area (Å²) in [7, 11) is 1.96. The van der Waals surface area contributed by atoms with Gasteiger partial charge in [0.2, 0.25) is 6.33 Å². The zero-order valence-corrected chi connectivity index (χ0v) is 32.2. The zero-order valence-electron chi connectivity index (χ0n) is 29.9. The molecule has 260 valence electrons. The summed E-state index contributed by atoms with van der Waals surface area (Å²) in [5.74, 6) is 2.04. The third-order valence-corrected chi connectivity index (χ3v) is 9.87. The van der Waals surface area contributed by atoms with E-state index in [-0.39, 0.29) is 26.5 Å². The first kappa shape index (κ1) is 33.7. The van der Waals surface area contributed by atoms with Crippen molar-refractivity contribution in [3.63, 3.8) is 0 Å². The molecule has 6 nitrogen and oxygen atoms in total. The van der Waals surface area contributed by atoms with Gasteiger partial charge in [0, 0.05) is 73.5 Å². The minimum absolute atomic E-state index is 0. The molecule has 4 aromatic heterocycles. The first-order chi connectivity index (χ1) is 24.6. The Balaban J connectivity index is 0.00000387. The molecule has 9 aromatic rings. The van der Waals surface area contributed by atoms with E-state index in [1.807, 2.05) is 40.8 Å². The van der Waals surface area contributed by atoms with Gasteiger partial charge in [0.15, 0.2) is 0 Å². The molecule has 7 heteroatoms. The predicted octanol–water partition coefficient (Wildman–Crippen LogP) is 10.00. The maximum Gasteiger partial charge on any atom is 0.241 e. The first-order valence-corrected chi connectivity index (χ1v) is 17.3. The second kappa shape index (κ2) is 12.6. The summed E-state index contributed by atoms with van der Waals surface area (Å²) in [4.78, 5) is 4.97. The monoisotopic (exact) mass is 858 g/mol. The molecule has 0 amide bonds. The third kappa shape index (κ3) is 5.53. The number of imidazole rings is 1. The molecule has 0 unspecified atom stereocenters. The van der Waals surface area contributed by atoms with Crippen molar-refractivity contribution in [1.29, 1.82) is 0 Å². The molecule has 5 aromatic carbocycles. The molecule has 0 saturated carbocycles. The second-order valence-corrected chi connectivity index (χ2v) is 14.4. The normalized spacial score (nSPS) is 11.9. The fourth-order valence-electron chi connectivity index (χ4n) is 7.36. The number of ether oxygens (including phenoxy) is 1. The maximum absolute atomic E-state index is 6.60. The Hall–Kier alpha value is -5.45. The van der Waals surface area contributed by atoms with Crippen molar-refractivity contribution in [2.45, 2.75) is 40.0 Å². The van der Waals surface area contributed by atoms with Crippen molar-refractivity contribution >= 4 is 43.6 Å². The summed E-state index contributed by atoms with van der Waals surface area (Å²) in [6.45, 7) is 11.0. The summed E-state index contributed by atoms with van der Waals surface area (Å²) in [5, 5.41) is 4.71. The van der Waals surface area contributed by atoms with Gasteiger partial charge in [-0.2, -0.15) is 17.7 Å². The van der Waals surface area contributed by atoms with Gasteiger partial charge in [-0.05, 0) is 47.9 Å². The molecular formula is C45H37N5OPt-2. The van der Waals surface area contributed by atoms with Gasteiger partial charge in [0.25, 0.3) is 0 Å². The minimum atomic E-state index is -0.0957. The van der Waals surface area contributed by atoms with Crippen LogP contribution in [0.15, 0.2) is 116 Å². The van der Waals surface area contributed by atoms with Crippen molar-refractivity contribution in [2.24, 2.45) is 7.05 Å². The molecular weight excluding hydrogens is 822 g/mol. The van der Waals surface area contributed by atoms with Crippen LogP contribution < -0.4 is 9.30 Å². The molecule has 0 radical (unpaired) electrons. The van der Waals surface area contributed by atoms with Crippen LogP contribution in [-0.4, -0.2) is 18.7 Å². The van der Waals surface area contributed by atoms with Crippen LogP contribution in [-0.2, 0) is 33.5 Å². The Kier molecular flexibility index (Phi) is 8.19.